The summed E-state index contributed by atoms with van der Waals surface area (Å²) in [6.07, 6.45) is 0.232. The summed E-state index contributed by atoms with van der Waals surface area (Å²) in [5.74, 6) is -2.53. The van der Waals surface area contributed by atoms with Gasteiger partial charge in [-0.05, 0) is 70.8 Å². The molecule has 4 rings (SSSR count). The van der Waals surface area contributed by atoms with E-state index < -0.39 is 33.0 Å². The number of aryl methyl sites for hydroxylation is 1. The second-order valence-corrected chi connectivity index (χ2v) is 13.8. The van der Waals surface area contributed by atoms with Crippen LogP contribution in [0.2, 0.25) is 0 Å². The van der Waals surface area contributed by atoms with Crippen molar-refractivity contribution in [2.75, 3.05) is 5.32 Å². The SMILES string of the molecule is Cc1cc(S(=O)(=O)c2ccccc2C(C)(C)C)ccc1NC(=O)c1cc(Cc2ccccc2C(C)C)c(O)c(O)c1O. The van der Waals surface area contributed by atoms with E-state index in [1.807, 2.05) is 71.0 Å². The maximum Gasteiger partial charge on any atom is 0.259 e. The fourth-order valence-corrected chi connectivity index (χ4v) is 6.81. The minimum Gasteiger partial charge on any atom is -0.504 e. The number of aromatic hydroxyl groups is 3. The van der Waals surface area contributed by atoms with Crippen molar-refractivity contribution in [3.63, 3.8) is 0 Å². The Labute approximate surface area is 247 Å². The maximum atomic E-state index is 13.6. The molecule has 4 aromatic carbocycles. The Bertz CT molecular complexity index is 1770. The first-order valence-electron chi connectivity index (χ1n) is 13.7. The van der Waals surface area contributed by atoms with Crippen molar-refractivity contribution >= 4 is 21.4 Å². The third-order valence-corrected chi connectivity index (χ3v) is 9.18. The first-order chi connectivity index (χ1) is 19.6. The van der Waals surface area contributed by atoms with Gasteiger partial charge in [0.05, 0.1) is 15.4 Å². The number of phenols is 3. The van der Waals surface area contributed by atoms with Crippen LogP contribution < -0.4 is 5.32 Å². The third-order valence-electron chi connectivity index (χ3n) is 7.37. The number of hydrogen-bond donors (Lipinski definition) is 4. The number of carbonyl (C=O) groups excluding carboxylic acids is 1. The van der Waals surface area contributed by atoms with Gasteiger partial charge in [0.15, 0.2) is 11.5 Å². The topological polar surface area (TPSA) is 124 Å². The fraction of sp³-hybridized carbons (Fsp3) is 0.265. The monoisotopic (exact) mass is 587 g/mol. The molecule has 0 fully saturated rings. The largest absolute Gasteiger partial charge is 0.504 e. The molecule has 0 aliphatic carbocycles. The highest BCUT2D eigenvalue weighted by molar-refractivity contribution is 7.91. The van der Waals surface area contributed by atoms with Gasteiger partial charge >= 0.3 is 0 Å². The number of anilines is 1. The Morgan fingerprint density at radius 1 is 0.833 bits per heavy atom. The molecule has 7 nitrogen and oxygen atoms in total. The van der Waals surface area contributed by atoms with Gasteiger partial charge in [0.2, 0.25) is 15.6 Å². The molecule has 0 aliphatic rings. The molecule has 0 saturated heterocycles. The van der Waals surface area contributed by atoms with E-state index in [0.717, 1.165) is 11.1 Å². The summed E-state index contributed by atoms with van der Waals surface area (Å²) in [5.41, 5.74) is 3.17. The summed E-state index contributed by atoms with van der Waals surface area (Å²) in [5, 5.41) is 34.3. The molecular weight excluding hydrogens is 550 g/mol. The van der Waals surface area contributed by atoms with Crippen LogP contribution in [0.25, 0.3) is 0 Å². The van der Waals surface area contributed by atoms with Crippen molar-refractivity contribution in [2.24, 2.45) is 0 Å². The van der Waals surface area contributed by atoms with Gasteiger partial charge in [-0.15, -0.1) is 0 Å². The van der Waals surface area contributed by atoms with Crippen LogP contribution in [-0.4, -0.2) is 29.6 Å². The molecule has 0 unspecified atom stereocenters. The van der Waals surface area contributed by atoms with E-state index in [1.54, 1.807) is 19.1 Å². The Morgan fingerprint density at radius 2 is 1.48 bits per heavy atom. The van der Waals surface area contributed by atoms with E-state index in [0.29, 0.717) is 16.8 Å². The highest BCUT2D eigenvalue weighted by atomic mass is 32.2. The lowest BCUT2D eigenvalue weighted by atomic mass is 9.87. The molecule has 4 aromatic rings. The van der Waals surface area contributed by atoms with Crippen LogP contribution in [0, 0.1) is 6.92 Å². The van der Waals surface area contributed by atoms with E-state index in [1.165, 1.54) is 24.3 Å². The predicted octanol–water partition coefficient (Wildman–Crippen LogP) is 7.21. The first kappa shape index (κ1) is 30.7. The number of sulfone groups is 1. The summed E-state index contributed by atoms with van der Waals surface area (Å²) in [4.78, 5) is 13.6. The predicted molar refractivity (Wildman–Crippen MR) is 164 cm³/mol. The number of benzene rings is 4. The van der Waals surface area contributed by atoms with Gasteiger partial charge in [-0.1, -0.05) is 77.1 Å². The van der Waals surface area contributed by atoms with Crippen molar-refractivity contribution < 1.29 is 28.5 Å². The molecule has 0 bridgehead atoms. The lowest BCUT2D eigenvalue weighted by Gasteiger charge is -2.23. The van der Waals surface area contributed by atoms with Crippen molar-refractivity contribution in [3.05, 3.63) is 106 Å². The lowest BCUT2D eigenvalue weighted by Crippen LogP contribution is -2.17. The van der Waals surface area contributed by atoms with Crippen molar-refractivity contribution in [1.82, 2.24) is 0 Å². The minimum absolute atomic E-state index is 0.0888. The zero-order valence-corrected chi connectivity index (χ0v) is 25.5. The summed E-state index contributed by atoms with van der Waals surface area (Å²) in [7, 11) is -3.85. The Hall–Kier alpha value is -4.30. The van der Waals surface area contributed by atoms with Crippen molar-refractivity contribution in [2.45, 2.75) is 69.1 Å². The number of rotatable bonds is 7. The van der Waals surface area contributed by atoms with Gasteiger partial charge in [0.1, 0.15) is 0 Å². The highest BCUT2D eigenvalue weighted by Gasteiger charge is 2.28. The van der Waals surface area contributed by atoms with Crippen LogP contribution in [-0.2, 0) is 21.7 Å². The maximum absolute atomic E-state index is 13.6. The molecule has 0 spiro atoms. The van der Waals surface area contributed by atoms with E-state index >= 15 is 0 Å². The van der Waals surface area contributed by atoms with Crippen LogP contribution in [0.1, 0.15) is 78.7 Å². The smallest absolute Gasteiger partial charge is 0.259 e. The molecule has 220 valence electrons. The fourth-order valence-electron chi connectivity index (χ4n) is 5.05. The average molecular weight is 588 g/mol. The summed E-state index contributed by atoms with van der Waals surface area (Å²) >= 11 is 0. The van der Waals surface area contributed by atoms with Crippen LogP contribution in [0.4, 0.5) is 5.69 Å². The molecule has 0 saturated carbocycles. The number of hydrogen-bond acceptors (Lipinski definition) is 6. The quantitative estimate of drug-likeness (QED) is 0.169. The molecule has 0 radical (unpaired) electrons. The van der Waals surface area contributed by atoms with Crippen molar-refractivity contribution in [3.8, 4) is 17.2 Å². The molecule has 0 atom stereocenters. The van der Waals surface area contributed by atoms with Gasteiger partial charge in [0.25, 0.3) is 5.91 Å². The Kier molecular flexibility index (Phi) is 8.41. The molecular formula is C34H37NO6S. The van der Waals surface area contributed by atoms with Gasteiger partial charge in [-0.25, -0.2) is 8.42 Å². The second kappa shape index (κ2) is 11.5. The molecule has 0 aromatic heterocycles. The zero-order valence-electron chi connectivity index (χ0n) is 24.7. The standard InChI is InChI=1S/C34H37NO6S/c1-20(2)25-12-8-7-11-22(25)18-23-19-26(31(37)32(38)30(23)36)33(39)35-28-16-15-24(17-21(28)3)42(40,41)29-14-10-9-13-27(29)34(4,5)6/h7-17,19-20,36-38H,18H2,1-6H3,(H,35,39). The molecule has 0 heterocycles. The number of amides is 1. The van der Waals surface area contributed by atoms with E-state index in [-0.39, 0.29) is 38.7 Å². The molecule has 42 heavy (non-hydrogen) atoms. The lowest BCUT2D eigenvalue weighted by molar-refractivity contribution is 0.102. The van der Waals surface area contributed by atoms with E-state index in [2.05, 4.69) is 5.32 Å². The number of phenolic OH excluding ortho intramolecular Hbond substituents is 3. The number of nitrogens with one attached hydrogen (secondary N) is 1. The van der Waals surface area contributed by atoms with Gasteiger partial charge in [-0.3, -0.25) is 4.79 Å². The average Bonchev–Trinajstić information content (AvgIpc) is 2.94. The van der Waals surface area contributed by atoms with Crippen LogP contribution in [0.3, 0.4) is 0 Å². The van der Waals surface area contributed by atoms with Crippen LogP contribution in [0.15, 0.2) is 82.6 Å². The van der Waals surface area contributed by atoms with E-state index in [9.17, 15) is 28.5 Å². The molecule has 0 aliphatic heterocycles. The van der Waals surface area contributed by atoms with Gasteiger partial charge < -0.3 is 20.6 Å². The van der Waals surface area contributed by atoms with Gasteiger partial charge in [0, 0.05) is 17.7 Å². The molecule has 1 amide bonds. The zero-order chi connectivity index (χ0) is 31.0. The highest BCUT2D eigenvalue weighted by Crippen LogP contribution is 2.42. The summed E-state index contributed by atoms with van der Waals surface area (Å²) < 4.78 is 27.2. The van der Waals surface area contributed by atoms with Gasteiger partial charge in [-0.2, -0.15) is 0 Å². The van der Waals surface area contributed by atoms with Crippen LogP contribution in [0.5, 0.6) is 17.2 Å². The first-order valence-corrected chi connectivity index (χ1v) is 15.2. The molecule has 8 heteroatoms. The Balaban J connectivity index is 1.66. The number of carbonyl (C=O) groups is 1. The second-order valence-electron chi connectivity index (χ2n) is 11.8. The molecule has 4 N–H and O–H groups in total. The van der Waals surface area contributed by atoms with Crippen molar-refractivity contribution in [1.29, 1.82) is 0 Å². The summed E-state index contributed by atoms with van der Waals surface area (Å²) in [6, 6.07) is 20.4. The van der Waals surface area contributed by atoms with E-state index in [4.69, 9.17) is 0 Å². The minimum atomic E-state index is -3.85. The normalized spacial score (nSPS) is 12.0. The summed E-state index contributed by atoms with van der Waals surface area (Å²) in [6.45, 7) is 11.6. The Morgan fingerprint density at radius 3 is 2.12 bits per heavy atom. The van der Waals surface area contributed by atoms with Crippen LogP contribution >= 0.6 is 0 Å². The third kappa shape index (κ3) is 5.99.